The number of aryl methyl sites for hydroxylation is 2. The average Bonchev–Trinajstić information content (AvgIpc) is 2.77. The van der Waals surface area contributed by atoms with Crippen LogP contribution in [0.2, 0.25) is 5.02 Å². The second-order valence-electron chi connectivity index (χ2n) is 7.21. The van der Waals surface area contributed by atoms with Crippen LogP contribution in [0.4, 0.5) is 0 Å². The Bertz CT molecular complexity index is 1030. The number of benzene rings is 3. The number of hydrogen-bond donors (Lipinski definition) is 1. The molecular weight excluding hydrogens is 412 g/mol. The third kappa shape index (κ3) is 6.59. The molecule has 0 aromatic heterocycles. The number of nitrogens with one attached hydrogen (secondary N) is 1. The van der Waals surface area contributed by atoms with Crippen LogP contribution in [0.25, 0.3) is 0 Å². The standard InChI is InChI=1S/C25H25ClN2O3/c1-17-13-23(14-18(2)24(17)26)31-19(3)25(29)28-27-15-20-9-11-22(12-10-20)30-16-21-7-5-4-6-8-21/h4-15,19H,16H2,1-3H3,(H,28,29)/b27-15+. The van der Waals surface area contributed by atoms with Gasteiger partial charge in [-0.15, -0.1) is 0 Å². The van der Waals surface area contributed by atoms with Crippen LogP contribution in [0.3, 0.4) is 0 Å². The van der Waals surface area contributed by atoms with Crippen molar-refractivity contribution in [2.45, 2.75) is 33.5 Å². The maximum Gasteiger partial charge on any atom is 0.280 e. The predicted molar refractivity (Wildman–Crippen MR) is 124 cm³/mol. The maximum atomic E-state index is 12.3. The Morgan fingerprint density at radius 3 is 2.32 bits per heavy atom. The molecule has 0 aliphatic rings. The van der Waals surface area contributed by atoms with Gasteiger partial charge in [-0.3, -0.25) is 4.79 Å². The molecule has 1 atom stereocenters. The average molecular weight is 437 g/mol. The molecule has 0 saturated carbocycles. The van der Waals surface area contributed by atoms with E-state index in [4.69, 9.17) is 21.1 Å². The quantitative estimate of drug-likeness (QED) is 0.377. The van der Waals surface area contributed by atoms with Crippen molar-refractivity contribution in [1.29, 1.82) is 0 Å². The third-order valence-corrected chi connectivity index (χ3v) is 5.21. The first-order chi connectivity index (χ1) is 14.9. The van der Waals surface area contributed by atoms with Crippen LogP contribution >= 0.6 is 11.6 Å². The summed E-state index contributed by atoms with van der Waals surface area (Å²) in [7, 11) is 0. The molecule has 0 spiro atoms. The van der Waals surface area contributed by atoms with Gasteiger partial charge in [0.05, 0.1) is 6.21 Å². The van der Waals surface area contributed by atoms with Crippen molar-refractivity contribution in [3.8, 4) is 11.5 Å². The number of carbonyl (C=O) groups excluding carboxylic acids is 1. The van der Waals surface area contributed by atoms with Crippen LogP contribution in [0.15, 0.2) is 71.8 Å². The van der Waals surface area contributed by atoms with Crippen LogP contribution in [-0.4, -0.2) is 18.2 Å². The molecule has 3 rings (SSSR count). The summed E-state index contributed by atoms with van der Waals surface area (Å²) in [6.45, 7) is 5.97. The third-order valence-electron chi connectivity index (χ3n) is 4.61. The van der Waals surface area contributed by atoms with E-state index < -0.39 is 6.10 Å². The second kappa shape index (κ2) is 10.6. The lowest BCUT2D eigenvalue weighted by Crippen LogP contribution is -2.33. The summed E-state index contributed by atoms with van der Waals surface area (Å²) >= 11 is 6.17. The number of hydrazone groups is 1. The normalized spacial score (nSPS) is 11.9. The van der Waals surface area contributed by atoms with E-state index in [0.717, 1.165) is 28.0 Å². The highest BCUT2D eigenvalue weighted by Gasteiger charge is 2.15. The number of ether oxygens (including phenoxy) is 2. The SMILES string of the molecule is Cc1cc(OC(C)C(=O)N/N=C/c2ccc(OCc3ccccc3)cc2)cc(C)c1Cl. The van der Waals surface area contributed by atoms with E-state index in [1.807, 2.05) is 80.6 Å². The highest BCUT2D eigenvalue weighted by Crippen LogP contribution is 2.26. The summed E-state index contributed by atoms with van der Waals surface area (Å²) < 4.78 is 11.5. The summed E-state index contributed by atoms with van der Waals surface area (Å²) in [4.78, 5) is 12.3. The molecule has 0 fully saturated rings. The summed E-state index contributed by atoms with van der Waals surface area (Å²) in [6.07, 6.45) is 0.869. The van der Waals surface area contributed by atoms with Crippen molar-refractivity contribution >= 4 is 23.7 Å². The van der Waals surface area contributed by atoms with Gasteiger partial charge in [0.25, 0.3) is 5.91 Å². The highest BCUT2D eigenvalue weighted by molar-refractivity contribution is 6.32. The Balaban J connectivity index is 1.48. The van der Waals surface area contributed by atoms with Gasteiger partial charge < -0.3 is 9.47 Å². The lowest BCUT2D eigenvalue weighted by molar-refractivity contribution is -0.127. The molecule has 0 aliphatic heterocycles. The van der Waals surface area contributed by atoms with Gasteiger partial charge in [-0.1, -0.05) is 41.9 Å². The Kier molecular flexibility index (Phi) is 7.68. The molecule has 3 aromatic rings. The van der Waals surface area contributed by atoms with Crippen molar-refractivity contribution in [3.05, 3.63) is 94.0 Å². The van der Waals surface area contributed by atoms with E-state index in [2.05, 4.69) is 10.5 Å². The fourth-order valence-corrected chi connectivity index (χ4v) is 2.99. The smallest absolute Gasteiger partial charge is 0.280 e. The zero-order chi connectivity index (χ0) is 22.2. The van der Waals surface area contributed by atoms with Crippen LogP contribution < -0.4 is 14.9 Å². The molecule has 0 heterocycles. The Morgan fingerprint density at radius 1 is 1.03 bits per heavy atom. The Morgan fingerprint density at radius 2 is 1.68 bits per heavy atom. The molecule has 31 heavy (non-hydrogen) atoms. The van der Waals surface area contributed by atoms with Gasteiger partial charge in [0.15, 0.2) is 6.10 Å². The molecule has 0 saturated heterocycles. The minimum absolute atomic E-state index is 0.343. The Hall–Kier alpha value is -3.31. The molecule has 5 nitrogen and oxygen atoms in total. The van der Waals surface area contributed by atoms with E-state index in [-0.39, 0.29) is 5.91 Å². The molecular formula is C25H25ClN2O3. The zero-order valence-electron chi connectivity index (χ0n) is 17.8. The van der Waals surface area contributed by atoms with Gasteiger partial charge >= 0.3 is 0 Å². The fourth-order valence-electron chi connectivity index (χ4n) is 2.88. The van der Waals surface area contributed by atoms with Crippen molar-refractivity contribution in [3.63, 3.8) is 0 Å². The molecule has 0 radical (unpaired) electrons. The summed E-state index contributed by atoms with van der Waals surface area (Å²) in [5.74, 6) is 1.02. The summed E-state index contributed by atoms with van der Waals surface area (Å²) in [5, 5.41) is 4.71. The van der Waals surface area contributed by atoms with E-state index in [1.165, 1.54) is 0 Å². The van der Waals surface area contributed by atoms with Crippen molar-refractivity contribution in [2.24, 2.45) is 5.10 Å². The minimum Gasteiger partial charge on any atom is -0.489 e. The van der Waals surface area contributed by atoms with Gasteiger partial charge in [-0.2, -0.15) is 5.10 Å². The molecule has 1 amide bonds. The van der Waals surface area contributed by atoms with Crippen molar-refractivity contribution < 1.29 is 14.3 Å². The number of rotatable bonds is 8. The molecule has 0 bridgehead atoms. The minimum atomic E-state index is -0.703. The number of halogens is 1. The number of carbonyl (C=O) groups is 1. The predicted octanol–water partition coefficient (Wildman–Crippen LogP) is 5.45. The molecule has 1 N–H and O–H groups in total. The van der Waals surface area contributed by atoms with Gasteiger partial charge in [-0.05, 0) is 79.4 Å². The van der Waals surface area contributed by atoms with E-state index >= 15 is 0 Å². The zero-order valence-corrected chi connectivity index (χ0v) is 18.5. The second-order valence-corrected chi connectivity index (χ2v) is 7.59. The number of nitrogens with zero attached hydrogens (tertiary/aromatic N) is 1. The van der Waals surface area contributed by atoms with Crippen molar-refractivity contribution in [1.82, 2.24) is 5.43 Å². The highest BCUT2D eigenvalue weighted by atomic mass is 35.5. The molecule has 1 unspecified atom stereocenters. The van der Waals surface area contributed by atoms with Gasteiger partial charge in [0.2, 0.25) is 0 Å². The lowest BCUT2D eigenvalue weighted by atomic mass is 10.1. The van der Waals surface area contributed by atoms with Gasteiger partial charge in [0.1, 0.15) is 18.1 Å². The first-order valence-electron chi connectivity index (χ1n) is 9.95. The van der Waals surface area contributed by atoms with Crippen LogP contribution in [0, 0.1) is 13.8 Å². The van der Waals surface area contributed by atoms with Crippen LogP contribution in [0.1, 0.15) is 29.2 Å². The molecule has 3 aromatic carbocycles. The van der Waals surface area contributed by atoms with E-state index in [0.29, 0.717) is 17.4 Å². The summed E-state index contributed by atoms with van der Waals surface area (Å²) in [6, 6.07) is 21.1. The fraction of sp³-hybridized carbons (Fsp3) is 0.200. The van der Waals surface area contributed by atoms with Crippen LogP contribution in [-0.2, 0) is 11.4 Å². The number of hydrogen-bond acceptors (Lipinski definition) is 4. The van der Waals surface area contributed by atoms with E-state index in [1.54, 1.807) is 13.1 Å². The first kappa shape index (κ1) is 22.4. The van der Waals surface area contributed by atoms with Gasteiger partial charge in [0, 0.05) is 5.02 Å². The first-order valence-corrected chi connectivity index (χ1v) is 10.3. The van der Waals surface area contributed by atoms with Gasteiger partial charge in [-0.25, -0.2) is 5.43 Å². The lowest BCUT2D eigenvalue weighted by Gasteiger charge is -2.15. The largest absolute Gasteiger partial charge is 0.489 e. The molecule has 0 aliphatic carbocycles. The monoisotopic (exact) mass is 436 g/mol. The van der Waals surface area contributed by atoms with E-state index in [9.17, 15) is 4.79 Å². The number of amides is 1. The molecule has 6 heteroatoms. The van der Waals surface area contributed by atoms with Crippen molar-refractivity contribution in [2.75, 3.05) is 0 Å². The topological polar surface area (TPSA) is 59.9 Å². The maximum absolute atomic E-state index is 12.3. The van der Waals surface area contributed by atoms with Crippen LogP contribution in [0.5, 0.6) is 11.5 Å². The summed E-state index contributed by atoms with van der Waals surface area (Å²) in [5.41, 5.74) is 6.25. The molecule has 160 valence electrons. The Labute approximate surface area is 187 Å².